The van der Waals surface area contributed by atoms with Gasteiger partial charge in [-0.25, -0.2) is 4.98 Å². The number of aliphatic hydroxyl groups is 1. The van der Waals surface area contributed by atoms with E-state index in [1.165, 1.54) is 11.8 Å². The first-order valence-corrected chi connectivity index (χ1v) is 16.1. The molecule has 10 heteroatoms. The van der Waals surface area contributed by atoms with Gasteiger partial charge in [-0.05, 0) is 62.2 Å². The maximum atomic E-state index is 14.5. The van der Waals surface area contributed by atoms with Gasteiger partial charge in [0.25, 0.3) is 0 Å². The zero-order valence-electron chi connectivity index (χ0n) is 24.6. The first kappa shape index (κ1) is 28.3. The van der Waals surface area contributed by atoms with Gasteiger partial charge in [0, 0.05) is 22.8 Å². The Kier molecular flexibility index (Phi) is 6.73. The standard InChI is InChI=1S/C32H39N3O6S/c1-5-6-26-40-24-14-20-19-8-7-17-13-18(36)11-12-30(17,2)27(19)22(37)15-31(20,3)32(24,41-26)23(38)16-42-29-33-21-9-10-25(39-4)34-28(21)35-29/h9-13,19-20,22,24,26-27,37H,5-8,14-16H2,1-4H3,(H,33,34,35)/t19?,20?,22?,24-,26-,27?,30?,31?,32-/m1/s1. The third-order valence-electron chi connectivity index (χ3n) is 11.1. The molecule has 6 unspecified atom stereocenters. The number of hydrogen-bond donors (Lipinski definition) is 2. The fourth-order valence-corrected chi connectivity index (χ4v) is 10.1. The van der Waals surface area contributed by atoms with Crippen molar-refractivity contribution in [3.05, 3.63) is 35.9 Å². The van der Waals surface area contributed by atoms with Crippen molar-refractivity contribution in [3.63, 3.8) is 0 Å². The van der Waals surface area contributed by atoms with Crippen molar-refractivity contribution in [2.75, 3.05) is 12.9 Å². The highest BCUT2D eigenvalue weighted by Crippen LogP contribution is 2.69. The monoisotopic (exact) mass is 593 g/mol. The molecule has 3 heterocycles. The van der Waals surface area contributed by atoms with Gasteiger partial charge in [-0.1, -0.05) is 50.6 Å². The minimum atomic E-state index is -1.14. The minimum absolute atomic E-state index is 0.0106. The number of H-pyrrole nitrogens is 1. The first-order chi connectivity index (χ1) is 20.1. The minimum Gasteiger partial charge on any atom is -0.481 e. The van der Waals surface area contributed by atoms with E-state index in [1.54, 1.807) is 25.3 Å². The van der Waals surface area contributed by atoms with Crippen LogP contribution in [0.5, 0.6) is 5.88 Å². The molecule has 4 aliphatic carbocycles. The van der Waals surface area contributed by atoms with Gasteiger partial charge in [0.2, 0.25) is 5.88 Å². The summed E-state index contributed by atoms with van der Waals surface area (Å²) in [5.41, 5.74) is 0.333. The second kappa shape index (κ2) is 10.0. The quantitative estimate of drug-likeness (QED) is 0.436. The Morgan fingerprint density at radius 3 is 2.90 bits per heavy atom. The molecule has 9 nitrogen and oxygen atoms in total. The number of hydrogen-bond acceptors (Lipinski definition) is 9. The molecule has 5 aliphatic rings. The molecule has 42 heavy (non-hydrogen) atoms. The molecule has 0 spiro atoms. The van der Waals surface area contributed by atoms with Gasteiger partial charge in [0.1, 0.15) is 0 Å². The maximum Gasteiger partial charge on any atom is 0.215 e. The van der Waals surface area contributed by atoms with Crippen LogP contribution in [0.1, 0.15) is 59.3 Å². The number of thioether (sulfide) groups is 1. The number of methoxy groups -OCH3 is 1. The van der Waals surface area contributed by atoms with Gasteiger partial charge in [0.15, 0.2) is 34.3 Å². The molecule has 0 amide bonds. The number of aromatic amines is 1. The number of fused-ring (bicyclic) bond motifs is 8. The summed E-state index contributed by atoms with van der Waals surface area (Å²) in [4.78, 5) is 38.9. The van der Waals surface area contributed by atoms with Crippen molar-refractivity contribution in [1.82, 2.24) is 15.0 Å². The lowest BCUT2D eigenvalue weighted by atomic mass is 9.46. The molecule has 1 saturated heterocycles. The molecule has 9 atom stereocenters. The van der Waals surface area contributed by atoms with Gasteiger partial charge in [0.05, 0.1) is 30.6 Å². The van der Waals surface area contributed by atoms with E-state index in [1.807, 2.05) is 12.1 Å². The molecule has 0 radical (unpaired) electrons. The number of carbonyl (C=O) groups excluding carboxylic acids is 2. The Hall–Kier alpha value is -2.53. The van der Waals surface area contributed by atoms with E-state index in [-0.39, 0.29) is 46.6 Å². The zero-order valence-corrected chi connectivity index (χ0v) is 25.4. The van der Waals surface area contributed by atoms with Crippen LogP contribution < -0.4 is 4.74 Å². The largest absolute Gasteiger partial charge is 0.481 e. The number of nitrogens with zero attached hydrogens (tertiary/aromatic N) is 2. The van der Waals surface area contributed by atoms with Crippen LogP contribution in [-0.2, 0) is 19.1 Å². The summed E-state index contributed by atoms with van der Waals surface area (Å²) in [6.45, 7) is 6.41. The van der Waals surface area contributed by atoms with Crippen LogP contribution in [-0.4, -0.2) is 68.6 Å². The fraction of sp³-hybridized carbons (Fsp3) is 0.625. The van der Waals surface area contributed by atoms with Crippen molar-refractivity contribution in [1.29, 1.82) is 0 Å². The predicted octanol–water partition coefficient (Wildman–Crippen LogP) is 4.80. The Balaban J connectivity index is 1.20. The topological polar surface area (TPSA) is 124 Å². The zero-order chi connectivity index (χ0) is 29.4. The summed E-state index contributed by atoms with van der Waals surface area (Å²) in [6.07, 6.45) is 8.49. The number of pyridine rings is 1. The Morgan fingerprint density at radius 2 is 2.12 bits per heavy atom. The van der Waals surface area contributed by atoms with E-state index < -0.39 is 23.4 Å². The summed E-state index contributed by atoms with van der Waals surface area (Å²) < 4.78 is 18.5. The second-order valence-corrected chi connectivity index (χ2v) is 14.1. The van der Waals surface area contributed by atoms with Crippen LogP contribution in [0.3, 0.4) is 0 Å². The van der Waals surface area contributed by atoms with E-state index in [0.29, 0.717) is 23.1 Å². The normalized spacial score (nSPS) is 40.3. The Morgan fingerprint density at radius 1 is 1.29 bits per heavy atom. The Bertz CT molecular complexity index is 1500. The molecule has 0 bridgehead atoms. The van der Waals surface area contributed by atoms with Crippen LogP contribution in [0.2, 0.25) is 0 Å². The van der Waals surface area contributed by atoms with Gasteiger partial charge in [-0.3, -0.25) is 9.59 Å². The SMILES string of the molecule is CCC[C@@H]1O[C@@H]2CC3C4CCC5=CC(=O)C=CC5(C)C4C(O)CC3(C)[C@]2(C(=O)CSc2nc3nc(OC)ccc3[nH]2)O1. The summed E-state index contributed by atoms with van der Waals surface area (Å²) in [7, 11) is 1.57. The summed E-state index contributed by atoms with van der Waals surface area (Å²) in [5, 5.41) is 12.5. The van der Waals surface area contributed by atoms with Gasteiger partial charge in [-0.15, -0.1) is 0 Å². The number of rotatable bonds is 7. The number of allylic oxidation sites excluding steroid dienone is 4. The predicted molar refractivity (Wildman–Crippen MR) is 157 cm³/mol. The lowest BCUT2D eigenvalue weighted by Crippen LogP contribution is -2.63. The molecule has 0 aromatic carbocycles. The molecule has 4 fully saturated rings. The van der Waals surface area contributed by atoms with E-state index in [4.69, 9.17) is 14.2 Å². The van der Waals surface area contributed by atoms with Crippen LogP contribution in [0.4, 0.5) is 0 Å². The lowest BCUT2D eigenvalue weighted by molar-refractivity contribution is -0.197. The molecule has 7 rings (SSSR count). The summed E-state index contributed by atoms with van der Waals surface area (Å²) >= 11 is 1.35. The van der Waals surface area contributed by atoms with E-state index >= 15 is 0 Å². The second-order valence-electron chi connectivity index (χ2n) is 13.1. The highest BCUT2D eigenvalue weighted by molar-refractivity contribution is 7.99. The number of ketones is 2. The number of nitrogens with one attached hydrogen (secondary N) is 1. The first-order valence-electron chi connectivity index (χ1n) is 15.2. The number of aromatic nitrogens is 3. The molecular formula is C32H39N3O6S. The number of carbonyl (C=O) groups is 2. The smallest absolute Gasteiger partial charge is 0.215 e. The average Bonchev–Trinajstić information content (AvgIpc) is 3.61. The summed E-state index contributed by atoms with van der Waals surface area (Å²) in [5.74, 6) is 0.981. The number of ether oxygens (including phenoxy) is 3. The number of Topliss-reactive ketones (excluding diaryl/α,β-unsaturated/α-hetero) is 1. The molecule has 2 N–H and O–H groups in total. The van der Waals surface area contributed by atoms with Crippen molar-refractivity contribution >= 4 is 34.5 Å². The summed E-state index contributed by atoms with van der Waals surface area (Å²) in [6, 6.07) is 3.64. The van der Waals surface area contributed by atoms with E-state index in [0.717, 1.165) is 43.2 Å². The average molecular weight is 594 g/mol. The van der Waals surface area contributed by atoms with Gasteiger partial charge < -0.3 is 24.3 Å². The van der Waals surface area contributed by atoms with Crippen LogP contribution in [0.25, 0.3) is 11.2 Å². The van der Waals surface area contributed by atoms with Crippen molar-refractivity contribution in [2.24, 2.45) is 28.6 Å². The van der Waals surface area contributed by atoms with Crippen LogP contribution in [0.15, 0.2) is 41.1 Å². The molecule has 224 valence electrons. The van der Waals surface area contributed by atoms with E-state index in [9.17, 15) is 14.7 Å². The van der Waals surface area contributed by atoms with Crippen molar-refractivity contribution < 1.29 is 28.9 Å². The van der Waals surface area contributed by atoms with Crippen molar-refractivity contribution in [2.45, 2.75) is 88.6 Å². The maximum absolute atomic E-state index is 14.5. The third-order valence-corrected chi connectivity index (χ3v) is 11.9. The molecule has 2 aromatic rings. The molecule has 1 aliphatic heterocycles. The van der Waals surface area contributed by atoms with Crippen molar-refractivity contribution in [3.8, 4) is 5.88 Å². The molecular weight excluding hydrogens is 554 g/mol. The molecule has 3 saturated carbocycles. The number of aliphatic hydroxyl groups excluding tert-OH is 1. The van der Waals surface area contributed by atoms with Crippen LogP contribution >= 0.6 is 11.8 Å². The van der Waals surface area contributed by atoms with Gasteiger partial charge >= 0.3 is 0 Å². The van der Waals surface area contributed by atoms with E-state index in [2.05, 4.69) is 35.7 Å². The van der Waals surface area contributed by atoms with Gasteiger partial charge in [-0.2, -0.15) is 4.98 Å². The fourth-order valence-electron chi connectivity index (χ4n) is 9.28. The highest BCUT2D eigenvalue weighted by Gasteiger charge is 2.75. The molecule has 2 aromatic heterocycles. The third kappa shape index (κ3) is 3.94. The van der Waals surface area contributed by atoms with Crippen LogP contribution in [0, 0.1) is 28.6 Å². The highest BCUT2D eigenvalue weighted by atomic mass is 32.2. The number of imidazole rings is 1. The lowest BCUT2D eigenvalue weighted by Gasteiger charge is -2.59. The Labute approximate surface area is 249 Å².